The summed E-state index contributed by atoms with van der Waals surface area (Å²) in [5, 5.41) is 0. The molecular formula is C15H24N2O. The zero-order valence-electron chi connectivity index (χ0n) is 11.6. The van der Waals surface area contributed by atoms with Gasteiger partial charge in [0, 0.05) is 26.1 Å². The normalized spacial score (nSPS) is 12.2. The third-order valence-corrected chi connectivity index (χ3v) is 3.36. The number of carbonyl (C=O) groups excluding carboxylic acids is 1. The van der Waals surface area contributed by atoms with Gasteiger partial charge in [0.1, 0.15) is 0 Å². The monoisotopic (exact) mass is 248 g/mol. The van der Waals surface area contributed by atoms with Crippen LogP contribution in [0.2, 0.25) is 0 Å². The van der Waals surface area contributed by atoms with Crippen molar-refractivity contribution >= 4 is 5.91 Å². The van der Waals surface area contributed by atoms with E-state index in [1.165, 1.54) is 11.1 Å². The molecule has 0 fully saturated rings. The number of nitrogens with two attached hydrogens (primary N) is 1. The highest BCUT2D eigenvalue weighted by molar-refractivity contribution is 5.76. The molecule has 0 bridgehead atoms. The molecule has 0 spiro atoms. The van der Waals surface area contributed by atoms with Crippen LogP contribution in [0.4, 0.5) is 0 Å². The van der Waals surface area contributed by atoms with Gasteiger partial charge in [0.15, 0.2) is 0 Å². The van der Waals surface area contributed by atoms with Crippen molar-refractivity contribution in [2.45, 2.75) is 39.2 Å². The molecule has 0 saturated heterocycles. The van der Waals surface area contributed by atoms with Gasteiger partial charge in [-0.05, 0) is 25.3 Å². The molecule has 1 amide bonds. The Morgan fingerprint density at radius 1 is 1.33 bits per heavy atom. The van der Waals surface area contributed by atoms with Crippen LogP contribution in [0, 0.1) is 6.92 Å². The van der Waals surface area contributed by atoms with Gasteiger partial charge in [-0.15, -0.1) is 0 Å². The molecule has 1 unspecified atom stereocenters. The van der Waals surface area contributed by atoms with E-state index in [2.05, 4.69) is 38.1 Å². The van der Waals surface area contributed by atoms with E-state index in [-0.39, 0.29) is 11.9 Å². The van der Waals surface area contributed by atoms with Crippen LogP contribution in [0.3, 0.4) is 0 Å². The van der Waals surface area contributed by atoms with Gasteiger partial charge in [-0.3, -0.25) is 4.79 Å². The molecule has 0 aliphatic carbocycles. The first-order valence-electron chi connectivity index (χ1n) is 6.59. The summed E-state index contributed by atoms with van der Waals surface area (Å²) in [6.45, 7) is 4.62. The molecule has 1 aromatic rings. The van der Waals surface area contributed by atoms with Gasteiger partial charge in [-0.2, -0.15) is 0 Å². The largest absolute Gasteiger partial charge is 0.342 e. The van der Waals surface area contributed by atoms with Gasteiger partial charge in [-0.25, -0.2) is 0 Å². The van der Waals surface area contributed by atoms with Gasteiger partial charge in [0.2, 0.25) is 5.91 Å². The molecule has 1 atom stereocenters. The maximum absolute atomic E-state index is 11.8. The third-order valence-electron chi connectivity index (χ3n) is 3.36. The lowest BCUT2D eigenvalue weighted by Crippen LogP contribution is -2.38. The third kappa shape index (κ3) is 4.15. The molecule has 1 rings (SSSR count). The Hall–Kier alpha value is -1.35. The van der Waals surface area contributed by atoms with Crippen molar-refractivity contribution in [1.29, 1.82) is 0 Å². The molecule has 0 radical (unpaired) electrons. The Morgan fingerprint density at radius 3 is 2.44 bits per heavy atom. The molecule has 100 valence electrons. The van der Waals surface area contributed by atoms with Crippen molar-refractivity contribution in [3.63, 3.8) is 0 Å². The van der Waals surface area contributed by atoms with Gasteiger partial charge in [0.25, 0.3) is 0 Å². The van der Waals surface area contributed by atoms with Crippen molar-refractivity contribution in [3.05, 3.63) is 35.4 Å². The van der Waals surface area contributed by atoms with Crippen molar-refractivity contribution in [3.8, 4) is 0 Å². The van der Waals surface area contributed by atoms with Crippen LogP contribution < -0.4 is 5.73 Å². The van der Waals surface area contributed by atoms with Crippen LogP contribution in [0.5, 0.6) is 0 Å². The Kier molecular flexibility index (Phi) is 5.86. The highest BCUT2D eigenvalue weighted by atomic mass is 16.2. The lowest BCUT2D eigenvalue weighted by molar-refractivity contribution is -0.131. The van der Waals surface area contributed by atoms with E-state index in [1.807, 2.05) is 11.9 Å². The van der Waals surface area contributed by atoms with E-state index < -0.39 is 0 Å². The van der Waals surface area contributed by atoms with Crippen LogP contribution in [-0.4, -0.2) is 30.4 Å². The number of benzene rings is 1. The molecule has 0 saturated carbocycles. The first-order chi connectivity index (χ1) is 8.58. The minimum atomic E-state index is 0.136. The van der Waals surface area contributed by atoms with Crippen LogP contribution in [0.1, 0.15) is 30.9 Å². The number of hydrogen-bond donors (Lipinski definition) is 1. The van der Waals surface area contributed by atoms with Crippen LogP contribution in [0.15, 0.2) is 24.3 Å². The summed E-state index contributed by atoms with van der Waals surface area (Å²) in [5.41, 5.74) is 7.97. The van der Waals surface area contributed by atoms with E-state index in [1.54, 1.807) is 0 Å². The van der Waals surface area contributed by atoms with E-state index in [9.17, 15) is 4.79 Å². The predicted octanol–water partition coefficient (Wildman–Crippen LogP) is 2.12. The Balaban J connectivity index is 2.66. The fraction of sp³-hybridized carbons (Fsp3) is 0.533. The highest BCUT2D eigenvalue weighted by Crippen LogP contribution is 2.12. The lowest BCUT2D eigenvalue weighted by Gasteiger charge is -2.27. The lowest BCUT2D eigenvalue weighted by atomic mass is 10.0. The molecule has 2 N–H and O–H groups in total. The Morgan fingerprint density at radius 2 is 1.94 bits per heavy atom. The maximum atomic E-state index is 11.8. The Labute approximate surface area is 110 Å². The molecule has 0 aromatic heterocycles. The number of hydrogen-bond acceptors (Lipinski definition) is 2. The van der Waals surface area contributed by atoms with Gasteiger partial charge in [0.05, 0.1) is 0 Å². The zero-order valence-corrected chi connectivity index (χ0v) is 11.6. The average molecular weight is 248 g/mol. The van der Waals surface area contributed by atoms with E-state index in [0.29, 0.717) is 13.0 Å². The van der Waals surface area contributed by atoms with Gasteiger partial charge >= 0.3 is 0 Å². The second kappa shape index (κ2) is 7.17. The number of aryl methyl sites for hydroxylation is 1. The molecule has 0 aliphatic rings. The van der Waals surface area contributed by atoms with Crippen molar-refractivity contribution < 1.29 is 4.79 Å². The summed E-state index contributed by atoms with van der Waals surface area (Å²) in [5.74, 6) is 0.136. The molecule has 0 aliphatic heterocycles. The Bertz CT molecular complexity index is 373. The first-order valence-corrected chi connectivity index (χ1v) is 6.59. The van der Waals surface area contributed by atoms with E-state index >= 15 is 0 Å². The number of nitrogens with zero attached hydrogens (tertiary/aromatic N) is 1. The molecular weight excluding hydrogens is 224 g/mol. The number of carbonyl (C=O) groups is 1. The zero-order chi connectivity index (χ0) is 13.5. The standard InChI is InChI=1S/C15H24N2O/c1-4-14(17(3)15(18)9-10-16)11-13-7-5-12(2)6-8-13/h5-8,14H,4,9-11,16H2,1-3H3. The average Bonchev–Trinajstić information content (AvgIpc) is 2.37. The summed E-state index contributed by atoms with van der Waals surface area (Å²) in [7, 11) is 1.88. The van der Waals surface area contributed by atoms with Crippen molar-refractivity contribution in [1.82, 2.24) is 4.90 Å². The molecule has 18 heavy (non-hydrogen) atoms. The second-order valence-corrected chi connectivity index (χ2v) is 4.80. The quantitative estimate of drug-likeness (QED) is 0.838. The van der Waals surface area contributed by atoms with Crippen molar-refractivity contribution in [2.24, 2.45) is 5.73 Å². The van der Waals surface area contributed by atoms with Gasteiger partial charge < -0.3 is 10.6 Å². The molecule has 0 heterocycles. The molecule has 3 heteroatoms. The fourth-order valence-electron chi connectivity index (χ4n) is 2.05. The van der Waals surface area contributed by atoms with Gasteiger partial charge in [-0.1, -0.05) is 36.8 Å². The minimum Gasteiger partial charge on any atom is -0.342 e. The summed E-state index contributed by atoms with van der Waals surface area (Å²) >= 11 is 0. The SMILES string of the molecule is CCC(Cc1ccc(C)cc1)N(C)C(=O)CCN. The minimum absolute atomic E-state index is 0.136. The van der Waals surface area contributed by atoms with E-state index in [4.69, 9.17) is 5.73 Å². The highest BCUT2D eigenvalue weighted by Gasteiger charge is 2.17. The maximum Gasteiger partial charge on any atom is 0.223 e. The van der Waals surface area contributed by atoms with E-state index in [0.717, 1.165) is 12.8 Å². The van der Waals surface area contributed by atoms with Crippen molar-refractivity contribution in [2.75, 3.05) is 13.6 Å². The smallest absolute Gasteiger partial charge is 0.223 e. The molecule has 3 nitrogen and oxygen atoms in total. The number of likely N-dealkylation sites (N-methyl/N-ethyl adjacent to an activating group) is 1. The summed E-state index contributed by atoms with van der Waals surface area (Å²) in [6, 6.07) is 8.76. The molecule has 1 aromatic carbocycles. The topological polar surface area (TPSA) is 46.3 Å². The number of amides is 1. The van der Waals surface area contributed by atoms with Crippen LogP contribution in [-0.2, 0) is 11.2 Å². The van der Waals surface area contributed by atoms with Crippen LogP contribution >= 0.6 is 0 Å². The number of rotatable bonds is 6. The summed E-state index contributed by atoms with van der Waals surface area (Å²) in [6.07, 6.45) is 2.30. The summed E-state index contributed by atoms with van der Waals surface area (Å²) < 4.78 is 0. The predicted molar refractivity (Wildman–Crippen MR) is 75.4 cm³/mol. The second-order valence-electron chi connectivity index (χ2n) is 4.80. The summed E-state index contributed by atoms with van der Waals surface area (Å²) in [4.78, 5) is 13.7. The first kappa shape index (κ1) is 14.7. The fourth-order valence-corrected chi connectivity index (χ4v) is 2.05. The van der Waals surface area contributed by atoms with Crippen LogP contribution in [0.25, 0.3) is 0 Å².